The van der Waals surface area contributed by atoms with E-state index < -0.39 is 5.54 Å². The predicted octanol–water partition coefficient (Wildman–Crippen LogP) is 3.39. The molecule has 1 unspecified atom stereocenters. The Bertz CT molecular complexity index is 440. The first-order valence-corrected chi connectivity index (χ1v) is 6.80. The van der Waals surface area contributed by atoms with Crippen molar-refractivity contribution in [1.29, 1.82) is 0 Å². The summed E-state index contributed by atoms with van der Waals surface area (Å²) in [6.45, 7) is 7.96. The molecule has 19 heavy (non-hydrogen) atoms. The lowest BCUT2D eigenvalue weighted by atomic mass is 9.87. The van der Waals surface area contributed by atoms with Crippen molar-refractivity contribution < 1.29 is 9.53 Å². The summed E-state index contributed by atoms with van der Waals surface area (Å²) in [6, 6.07) is 7.44. The Morgan fingerprint density at radius 1 is 1.37 bits per heavy atom. The molecule has 1 aromatic rings. The molecule has 0 aliphatic carbocycles. The highest BCUT2D eigenvalue weighted by Gasteiger charge is 2.34. The standard InChI is InChI=1S/C16H25NO2/c1-7-16(4,17(5)6)15(18)13-9-8-10-14(11-13)19-12(2)3/h8-12H,7H2,1-6H3. The molecule has 106 valence electrons. The molecule has 1 aromatic carbocycles. The fourth-order valence-corrected chi connectivity index (χ4v) is 1.97. The number of hydrogen-bond acceptors (Lipinski definition) is 3. The third-order valence-corrected chi connectivity index (χ3v) is 3.63. The van der Waals surface area contributed by atoms with E-state index in [0.717, 1.165) is 12.2 Å². The van der Waals surface area contributed by atoms with Crippen LogP contribution >= 0.6 is 0 Å². The molecule has 0 amide bonds. The highest BCUT2D eigenvalue weighted by molar-refractivity contribution is 6.03. The number of likely N-dealkylation sites (N-methyl/N-ethyl adjacent to an activating group) is 1. The summed E-state index contributed by atoms with van der Waals surface area (Å²) in [4.78, 5) is 14.7. The van der Waals surface area contributed by atoms with Crippen LogP contribution in [0.15, 0.2) is 24.3 Å². The third kappa shape index (κ3) is 3.57. The Morgan fingerprint density at radius 3 is 2.47 bits per heavy atom. The number of Topliss-reactive ketones (excluding diaryl/α,β-unsaturated/α-hetero) is 1. The second-order valence-electron chi connectivity index (χ2n) is 5.55. The first-order valence-electron chi connectivity index (χ1n) is 6.80. The molecule has 0 saturated carbocycles. The van der Waals surface area contributed by atoms with Crippen molar-refractivity contribution in [2.45, 2.75) is 45.8 Å². The van der Waals surface area contributed by atoms with Crippen molar-refractivity contribution in [3.63, 3.8) is 0 Å². The normalized spacial score (nSPS) is 14.5. The van der Waals surface area contributed by atoms with Gasteiger partial charge in [0.05, 0.1) is 11.6 Å². The van der Waals surface area contributed by atoms with Gasteiger partial charge in [-0.3, -0.25) is 9.69 Å². The summed E-state index contributed by atoms with van der Waals surface area (Å²) in [5, 5.41) is 0. The number of carbonyl (C=O) groups is 1. The van der Waals surface area contributed by atoms with Crippen molar-refractivity contribution in [1.82, 2.24) is 4.90 Å². The maximum atomic E-state index is 12.7. The van der Waals surface area contributed by atoms with E-state index >= 15 is 0 Å². The van der Waals surface area contributed by atoms with E-state index in [1.807, 2.05) is 71.0 Å². The van der Waals surface area contributed by atoms with Crippen LogP contribution in [-0.4, -0.2) is 36.4 Å². The summed E-state index contributed by atoms with van der Waals surface area (Å²) in [5.41, 5.74) is 0.229. The van der Waals surface area contributed by atoms with Gasteiger partial charge in [-0.2, -0.15) is 0 Å². The molecule has 3 heteroatoms. The quantitative estimate of drug-likeness (QED) is 0.737. The maximum absolute atomic E-state index is 12.7. The second-order valence-corrected chi connectivity index (χ2v) is 5.55. The summed E-state index contributed by atoms with van der Waals surface area (Å²) >= 11 is 0. The molecule has 0 bridgehead atoms. The predicted molar refractivity (Wildman–Crippen MR) is 78.9 cm³/mol. The van der Waals surface area contributed by atoms with Gasteiger partial charge in [0.1, 0.15) is 5.75 Å². The van der Waals surface area contributed by atoms with Crippen LogP contribution in [0, 0.1) is 0 Å². The Morgan fingerprint density at radius 2 is 2.00 bits per heavy atom. The van der Waals surface area contributed by atoms with Crippen LogP contribution in [0.2, 0.25) is 0 Å². The minimum absolute atomic E-state index is 0.108. The Balaban J connectivity index is 3.06. The number of nitrogens with zero attached hydrogens (tertiary/aromatic N) is 1. The first-order chi connectivity index (χ1) is 8.81. The molecule has 0 fully saturated rings. The van der Waals surface area contributed by atoms with Crippen LogP contribution in [0.25, 0.3) is 0 Å². The van der Waals surface area contributed by atoms with Gasteiger partial charge in [-0.1, -0.05) is 19.1 Å². The number of ether oxygens (including phenoxy) is 1. The van der Waals surface area contributed by atoms with Crippen molar-refractivity contribution in [3.8, 4) is 5.75 Å². The van der Waals surface area contributed by atoms with Crippen LogP contribution in [0.5, 0.6) is 5.75 Å². The minimum Gasteiger partial charge on any atom is -0.491 e. The number of ketones is 1. The van der Waals surface area contributed by atoms with Crippen LogP contribution in [-0.2, 0) is 0 Å². The Labute approximate surface area is 116 Å². The Hall–Kier alpha value is -1.35. The Kier molecular flexibility index (Phi) is 5.12. The second kappa shape index (κ2) is 6.20. The van der Waals surface area contributed by atoms with Crippen molar-refractivity contribution in [2.24, 2.45) is 0 Å². The monoisotopic (exact) mass is 263 g/mol. The van der Waals surface area contributed by atoms with Gasteiger partial charge in [0.15, 0.2) is 5.78 Å². The first kappa shape index (κ1) is 15.7. The molecule has 0 N–H and O–H groups in total. The highest BCUT2D eigenvalue weighted by atomic mass is 16.5. The summed E-state index contributed by atoms with van der Waals surface area (Å²) in [6.07, 6.45) is 0.880. The van der Waals surface area contributed by atoms with Crippen LogP contribution in [0.4, 0.5) is 0 Å². The topological polar surface area (TPSA) is 29.5 Å². The maximum Gasteiger partial charge on any atom is 0.182 e. The zero-order valence-corrected chi connectivity index (χ0v) is 12.9. The molecule has 0 aromatic heterocycles. The van der Waals surface area contributed by atoms with E-state index in [-0.39, 0.29) is 11.9 Å². The van der Waals surface area contributed by atoms with Crippen molar-refractivity contribution in [2.75, 3.05) is 14.1 Å². The largest absolute Gasteiger partial charge is 0.491 e. The fraction of sp³-hybridized carbons (Fsp3) is 0.562. The highest BCUT2D eigenvalue weighted by Crippen LogP contribution is 2.24. The van der Waals surface area contributed by atoms with Gasteiger partial charge in [-0.05, 0) is 53.4 Å². The molecule has 0 spiro atoms. The van der Waals surface area contributed by atoms with Gasteiger partial charge in [0, 0.05) is 5.56 Å². The lowest BCUT2D eigenvalue weighted by molar-refractivity contribution is 0.0710. The van der Waals surface area contributed by atoms with E-state index in [1.54, 1.807) is 0 Å². The number of rotatable bonds is 6. The zero-order chi connectivity index (χ0) is 14.6. The molecule has 3 nitrogen and oxygen atoms in total. The van der Waals surface area contributed by atoms with Gasteiger partial charge < -0.3 is 4.74 Å². The SMILES string of the molecule is CCC(C)(C(=O)c1cccc(OC(C)C)c1)N(C)C. The van der Waals surface area contributed by atoms with Crippen LogP contribution in [0.3, 0.4) is 0 Å². The molecule has 0 radical (unpaired) electrons. The van der Waals surface area contributed by atoms with Gasteiger partial charge >= 0.3 is 0 Å². The number of benzene rings is 1. The summed E-state index contributed by atoms with van der Waals surface area (Å²) in [5.74, 6) is 0.882. The van der Waals surface area contributed by atoms with Gasteiger partial charge in [0.25, 0.3) is 0 Å². The third-order valence-electron chi connectivity index (χ3n) is 3.63. The average Bonchev–Trinajstić information content (AvgIpc) is 2.36. The molecule has 0 aliphatic heterocycles. The lowest BCUT2D eigenvalue weighted by Gasteiger charge is -2.34. The van der Waals surface area contributed by atoms with Crippen LogP contribution in [0.1, 0.15) is 44.5 Å². The van der Waals surface area contributed by atoms with E-state index in [2.05, 4.69) is 0 Å². The summed E-state index contributed by atoms with van der Waals surface area (Å²) < 4.78 is 5.65. The van der Waals surface area contributed by atoms with Gasteiger partial charge in [-0.15, -0.1) is 0 Å². The van der Waals surface area contributed by atoms with Gasteiger partial charge in [-0.25, -0.2) is 0 Å². The van der Waals surface area contributed by atoms with E-state index in [4.69, 9.17) is 4.74 Å². The van der Waals surface area contributed by atoms with Gasteiger partial charge in [0.2, 0.25) is 0 Å². The molecule has 1 rings (SSSR count). The number of carbonyl (C=O) groups excluding carboxylic acids is 1. The average molecular weight is 263 g/mol. The lowest BCUT2D eigenvalue weighted by Crippen LogP contribution is -2.48. The number of hydrogen-bond donors (Lipinski definition) is 0. The van der Waals surface area contributed by atoms with E-state index in [0.29, 0.717) is 5.56 Å². The van der Waals surface area contributed by atoms with Crippen molar-refractivity contribution >= 4 is 5.78 Å². The van der Waals surface area contributed by atoms with E-state index in [1.165, 1.54) is 0 Å². The molecule has 1 atom stereocenters. The minimum atomic E-state index is -0.476. The van der Waals surface area contributed by atoms with Crippen molar-refractivity contribution in [3.05, 3.63) is 29.8 Å². The smallest absolute Gasteiger partial charge is 0.182 e. The molecular formula is C16H25NO2. The molecule has 0 aliphatic rings. The van der Waals surface area contributed by atoms with E-state index in [9.17, 15) is 4.79 Å². The summed E-state index contributed by atoms with van der Waals surface area (Å²) in [7, 11) is 3.88. The molecular weight excluding hydrogens is 238 g/mol. The fourth-order valence-electron chi connectivity index (χ4n) is 1.97. The molecule has 0 saturated heterocycles. The van der Waals surface area contributed by atoms with Crippen LogP contribution < -0.4 is 4.74 Å². The molecule has 0 heterocycles. The zero-order valence-electron chi connectivity index (χ0n) is 12.9.